The first-order chi connectivity index (χ1) is 6.74. The van der Waals surface area contributed by atoms with E-state index in [1.807, 2.05) is 13.0 Å². The quantitative estimate of drug-likeness (QED) is 0.726. The van der Waals surface area contributed by atoms with Crippen LogP contribution in [0.1, 0.15) is 24.2 Å². The SMILES string of the molecule is Cc1cc(CCNC2CC2)nc(=O)[nH]1. The van der Waals surface area contributed by atoms with E-state index in [-0.39, 0.29) is 5.69 Å². The minimum absolute atomic E-state index is 0.244. The number of rotatable bonds is 4. The van der Waals surface area contributed by atoms with Gasteiger partial charge in [0.2, 0.25) is 0 Å². The van der Waals surface area contributed by atoms with Crippen LogP contribution in [0.25, 0.3) is 0 Å². The number of nitrogens with zero attached hydrogens (tertiary/aromatic N) is 1. The molecular formula is C10H15N3O. The lowest BCUT2D eigenvalue weighted by atomic mass is 10.2. The Labute approximate surface area is 82.8 Å². The number of hydrogen-bond donors (Lipinski definition) is 2. The molecule has 1 aromatic heterocycles. The number of aromatic nitrogens is 2. The Morgan fingerprint density at radius 3 is 3.07 bits per heavy atom. The fourth-order valence-electron chi connectivity index (χ4n) is 1.47. The molecule has 1 aliphatic rings. The van der Waals surface area contributed by atoms with Gasteiger partial charge in [-0.25, -0.2) is 4.79 Å². The Balaban J connectivity index is 1.90. The van der Waals surface area contributed by atoms with E-state index in [2.05, 4.69) is 15.3 Å². The van der Waals surface area contributed by atoms with Crippen molar-refractivity contribution >= 4 is 0 Å². The van der Waals surface area contributed by atoms with Crippen LogP contribution in [0.3, 0.4) is 0 Å². The van der Waals surface area contributed by atoms with Gasteiger partial charge >= 0.3 is 5.69 Å². The van der Waals surface area contributed by atoms with Crippen molar-refractivity contribution in [2.24, 2.45) is 0 Å². The largest absolute Gasteiger partial charge is 0.345 e. The van der Waals surface area contributed by atoms with Gasteiger partial charge in [-0.1, -0.05) is 0 Å². The Bertz CT molecular complexity index is 368. The zero-order chi connectivity index (χ0) is 9.97. The van der Waals surface area contributed by atoms with E-state index in [0.717, 1.165) is 30.4 Å². The molecular weight excluding hydrogens is 178 g/mol. The zero-order valence-corrected chi connectivity index (χ0v) is 8.34. The molecule has 0 spiro atoms. The maximum Gasteiger partial charge on any atom is 0.345 e. The molecule has 0 saturated heterocycles. The van der Waals surface area contributed by atoms with Gasteiger partial charge in [-0.15, -0.1) is 0 Å². The second kappa shape index (κ2) is 3.92. The molecule has 1 aliphatic carbocycles. The average molecular weight is 193 g/mol. The topological polar surface area (TPSA) is 57.8 Å². The van der Waals surface area contributed by atoms with E-state index >= 15 is 0 Å². The molecule has 1 aromatic rings. The number of nitrogens with one attached hydrogen (secondary N) is 2. The van der Waals surface area contributed by atoms with Crippen LogP contribution < -0.4 is 11.0 Å². The molecule has 0 bridgehead atoms. The minimum Gasteiger partial charge on any atom is -0.314 e. The van der Waals surface area contributed by atoms with Crippen LogP contribution in [0.15, 0.2) is 10.9 Å². The lowest BCUT2D eigenvalue weighted by Crippen LogP contribution is -2.21. The van der Waals surface area contributed by atoms with Crippen molar-refractivity contribution in [2.75, 3.05) is 6.54 Å². The second-order valence-electron chi connectivity index (χ2n) is 3.84. The monoisotopic (exact) mass is 193 g/mol. The van der Waals surface area contributed by atoms with Gasteiger partial charge in [0.1, 0.15) is 0 Å². The average Bonchev–Trinajstić information content (AvgIpc) is 2.86. The summed E-state index contributed by atoms with van der Waals surface area (Å²) in [6, 6.07) is 2.65. The molecule has 2 rings (SSSR count). The minimum atomic E-state index is -0.244. The highest BCUT2D eigenvalue weighted by atomic mass is 16.1. The molecule has 0 radical (unpaired) electrons. The third-order valence-corrected chi connectivity index (χ3v) is 2.32. The molecule has 0 amide bonds. The van der Waals surface area contributed by atoms with Crippen molar-refractivity contribution in [3.05, 3.63) is 27.9 Å². The molecule has 4 nitrogen and oxygen atoms in total. The van der Waals surface area contributed by atoms with Crippen LogP contribution in [0.4, 0.5) is 0 Å². The van der Waals surface area contributed by atoms with E-state index in [1.165, 1.54) is 12.8 Å². The molecule has 14 heavy (non-hydrogen) atoms. The summed E-state index contributed by atoms with van der Waals surface area (Å²) in [5.74, 6) is 0. The van der Waals surface area contributed by atoms with E-state index in [1.54, 1.807) is 0 Å². The molecule has 0 aliphatic heterocycles. The molecule has 1 heterocycles. The second-order valence-corrected chi connectivity index (χ2v) is 3.84. The van der Waals surface area contributed by atoms with E-state index in [0.29, 0.717) is 0 Å². The summed E-state index contributed by atoms with van der Waals surface area (Å²) in [6.07, 6.45) is 3.42. The Hall–Kier alpha value is -1.16. The van der Waals surface area contributed by atoms with Crippen LogP contribution >= 0.6 is 0 Å². The normalized spacial score (nSPS) is 15.8. The van der Waals surface area contributed by atoms with Crippen LogP contribution in [0.2, 0.25) is 0 Å². The summed E-state index contributed by atoms with van der Waals surface area (Å²) < 4.78 is 0. The summed E-state index contributed by atoms with van der Waals surface area (Å²) >= 11 is 0. The summed E-state index contributed by atoms with van der Waals surface area (Å²) in [7, 11) is 0. The zero-order valence-electron chi connectivity index (χ0n) is 8.34. The number of aromatic amines is 1. The third kappa shape index (κ3) is 2.67. The molecule has 76 valence electrons. The fraction of sp³-hybridized carbons (Fsp3) is 0.600. The summed E-state index contributed by atoms with van der Waals surface area (Å²) in [5, 5.41) is 3.39. The van der Waals surface area contributed by atoms with Crippen LogP contribution in [0, 0.1) is 6.92 Å². The van der Waals surface area contributed by atoms with Crippen molar-refractivity contribution in [3.63, 3.8) is 0 Å². The molecule has 1 saturated carbocycles. The Morgan fingerprint density at radius 1 is 1.64 bits per heavy atom. The highest BCUT2D eigenvalue weighted by molar-refractivity contribution is 5.06. The Morgan fingerprint density at radius 2 is 2.43 bits per heavy atom. The van der Waals surface area contributed by atoms with Crippen LogP contribution in [-0.4, -0.2) is 22.6 Å². The number of H-pyrrole nitrogens is 1. The van der Waals surface area contributed by atoms with Crippen molar-refractivity contribution in [1.82, 2.24) is 15.3 Å². The molecule has 0 aromatic carbocycles. The first kappa shape index (κ1) is 9.40. The maximum absolute atomic E-state index is 11.0. The van der Waals surface area contributed by atoms with Crippen LogP contribution in [-0.2, 0) is 6.42 Å². The summed E-state index contributed by atoms with van der Waals surface area (Å²) in [5.41, 5.74) is 1.51. The van der Waals surface area contributed by atoms with Crippen molar-refractivity contribution in [3.8, 4) is 0 Å². The first-order valence-corrected chi connectivity index (χ1v) is 5.04. The first-order valence-electron chi connectivity index (χ1n) is 5.04. The van der Waals surface area contributed by atoms with Crippen molar-refractivity contribution < 1.29 is 0 Å². The lowest BCUT2D eigenvalue weighted by molar-refractivity contribution is 0.672. The highest BCUT2D eigenvalue weighted by Gasteiger charge is 2.19. The van der Waals surface area contributed by atoms with Gasteiger partial charge in [-0.3, -0.25) is 0 Å². The summed E-state index contributed by atoms with van der Waals surface area (Å²) in [4.78, 5) is 17.6. The predicted molar refractivity (Wildman–Crippen MR) is 54.3 cm³/mol. The van der Waals surface area contributed by atoms with Gasteiger partial charge in [0.05, 0.1) is 0 Å². The molecule has 0 atom stereocenters. The molecule has 4 heteroatoms. The van der Waals surface area contributed by atoms with Crippen molar-refractivity contribution in [2.45, 2.75) is 32.2 Å². The van der Waals surface area contributed by atoms with Gasteiger partial charge in [-0.05, 0) is 25.8 Å². The predicted octanol–water partition coefficient (Wildman–Crippen LogP) is 0.373. The van der Waals surface area contributed by atoms with Gasteiger partial charge in [0.25, 0.3) is 0 Å². The standard InChI is InChI=1S/C10H15N3O/c1-7-6-9(13-10(14)12-7)4-5-11-8-2-3-8/h6,8,11H,2-5H2,1H3,(H,12,13,14). The number of hydrogen-bond acceptors (Lipinski definition) is 3. The van der Waals surface area contributed by atoms with Gasteiger partial charge in [-0.2, -0.15) is 4.98 Å². The van der Waals surface area contributed by atoms with Crippen molar-refractivity contribution in [1.29, 1.82) is 0 Å². The van der Waals surface area contributed by atoms with Gasteiger partial charge < -0.3 is 10.3 Å². The highest BCUT2D eigenvalue weighted by Crippen LogP contribution is 2.18. The third-order valence-electron chi connectivity index (χ3n) is 2.32. The van der Waals surface area contributed by atoms with E-state index < -0.39 is 0 Å². The molecule has 2 N–H and O–H groups in total. The molecule has 1 fully saturated rings. The maximum atomic E-state index is 11.0. The number of aryl methyl sites for hydroxylation is 1. The molecule has 0 unspecified atom stereocenters. The summed E-state index contributed by atoms with van der Waals surface area (Å²) in [6.45, 7) is 2.79. The Kier molecular flexibility index (Phi) is 2.63. The fourth-order valence-corrected chi connectivity index (χ4v) is 1.47. The lowest BCUT2D eigenvalue weighted by Gasteiger charge is -2.02. The smallest absolute Gasteiger partial charge is 0.314 e. The van der Waals surface area contributed by atoms with E-state index in [4.69, 9.17) is 0 Å². The van der Waals surface area contributed by atoms with Crippen LogP contribution in [0.5, 0.6) is 0 Å². The van der Waals surface area contributed by atoms with Gasteiger partial charge in [0, 0.05) is 30.4 Å². The van der Waals surface area contributed by atoms with Gasteiger partial charge in [0.15, 0.2) is 0 Å². The van der Waals surface area contributed by atoms with E-state index in [9.17, 15) is 4.79 Å².